The molecule has 0 atom stereocenters. The first-order chi connectivity index (χ1) is 13.7. The van der Waals surface area contributed by atoms with E-state index in [9.17, 15) is 5.11 Å². The molecule has 0 saturated heterocycles. The second-order valence-electron chi connectivity index (χ2n) is 7.59. The number of likely N-dealkylation sites (N-methyl/N-ethyl adjacent to an activating group) is 1. The fourth-order valence-electron chi connectivity index (χ4n) is 4.16. The fraction of sp³-hybridized carbons (Fsp3) is 0.280. The second kappa shape index (κ2) is 8.07. The lowest BCUT2D eigenvalue weighted by Gasteiger charge is -2.33. The fourth-order valence-corrected chi connectivity index (χ4v) is 4.16. The summed E-state index contributed by atoms with van der Waals surface area (Å²) in [5.41, 5.74) is 9.27. The molecule has 3 nitrogen and oxygen atoms in total. The van der Waals surface area contributed by atoms with Gasteiger partial charge in [-0.1, -0.05) is 48.5 Å². The summed E-state index contributed by atoms with van der Waals surface area (Å²) in [6, 6.07) is 24.0. The Morgan fingerprint density at radius 3 is 2.57 bits per heavy atom. The van der Waals surface area contributed by atoms with Gasteiger partial charge < -0.3 is 14.9 Å². The molecule has 3 aromatic rings. The van der Waals surface area contributed by atoms with Gasteiger partial charge in [-0.25, -0.2) is 0 Å². The van der Waals surface area contributed by atoms with Gasteiger partial charge in [-0.3, -0.25) is 0 Å². The number of hydrogen-bond acceptors (Lipinski definition) is 3. The van der Waals surface area contributed by atoms with Gasteiger partial charge >= 0.3 is 0 Å². The first-order valence-electron chi connectivity index (χ1n) is 10.0. The van der Waals surface area contributed by atoms with Gasteiger partial charge in [0.1, 0.15) is 0 Å². The van der Waals surface area contributed by atoms with Crippen LogP contribution in [0.25, 0.3) is 11.1 Å². The topological polar surface area (TPSA) is 26.7 Å². The molecule has 0 saturated carbocycles. The van der Waals surface area contributed by atoms with Gasteiger partial charge in [0.2, 0.25) is 0 Å². The number of rotatable bonds is 5. The van der Waals surface area contributed by atoms with E-state index in [0.29, 0.717) is 6.54 Å². The van der Waals surface area contributed by atoms with Crippen molar-refractivity contribution < 1.29 is 5.11 Å². The van der Waals surface area contributed by atoms with Crippen molar-refractivity contribution in [2.24, 2.45) is 0 Å². The Morgan fingerprint density at radius 2 is 1.79 bits per heavy atom. The van der Waals surface area contributed by atoms with Crippen molar-refractivity contribution in [1.29, 1.82) is 0 Å². The van der Waals surface area contributed by atoms with Crippen LogP contribution in [0.4, 0.5) is 11.4 Å². The monoisotopic (exact) mass is 372 g/mol. The summed E-state index contributed by atoms with van der Waals surface area (Å²) in [6.45, 7) is 5.05. The van der Waals surface area contributed by atoms with Crippen LogP contribution in [0, 0.1) is 6.92 Å². The first-order valence-corrected chi connectivity index (χ1v) is 10.0. The van der Waals surface area contributed by atoms with Crippen molar-refractivity contribution in [3.63, 3.8) is 0 Å². The van der Waals surface area contributed by atoms with E-state index in [2.05, 4.69) is 83.5 Å². The zero-order chi connectivity index (χ0) is 19.5. The van der Waals surface area contributed by atoms with Gasteiger partial charge in [0.25, 0.3) is 0 Å². The van der Waals surface area contributed by atoms with E-state index in [1.165, 1.54) is 39.2 Å². The molecule has 0 radical (unpaired) electrons. The third kappa shape index (κ3) is 3.63. The smallest absolute Gasteiger partial charge is 0.0606 e. The van der Waals surface area contributed by atoms with E-state index < -0.39 is 0 Å². The van der Waals surface area contributed by atoms with Gasteiger partial charge in [-0.05, 0) is 59.4 Å². The van der Waals surface area contributed by atoms with E-state index in [-0.39, 0.29) is 6.61 Å². The molecular formula is C25H28N2O. The van der Waals surface area contributed by atoms with Gasteiger partial charge in [0.15, 0.2) is 0 Å². The molecule has 0 unspecified atom stereocenters. The predicted molar refractivity (Wildman–Crippen MR) is 118 cm³/mol. The van der Waals surface area contributed by atoms with Gasteiger partial charge in [-0.15, -0.1) is 0 Å². The molecule has 4 rings (SSSR count). The molecule has 3 aromatic carbocycles. The van der Waals surface area contributed by atoms with Crippen molar-refractivity contribution in [2.45, 2.75) is 19.9 Å². The summed E-state index contributed by atoms with van der Waals surface area (Å²) < 4.78 is 0. The molecule has 1 N–H and O–H groups in total. The number of anilines is 2. The van der Waals surface area contributed by atoms with Crippen LogP contribution in [0.5, 0.6) is 0 Å². The molecule has 3 heteroatoms. The molecule has 0 fully saturated rings. The van der Waals surface area contributed by atoms with E-state index in [4.69, 9.17) is 0 Å². The van der Waals surface area contributed by atoms with Crippen LogP contribution in [-0.4, -0.2) is 31.9 Å². The largest absolute Gasteiger partial charge is 0.395 e. The maximum absolute atomic E-state index is 9.18. The summed E-state index contributed by atoms with van der Waals surface area (Å²) in [7, 11) is 2.03. The highest BCUT2D eigenvalue weighted by Gasteiger charge is 2.20. The zero-order valence-electron chi connectivity index (χ0n) is 16.7. The van der Waals surface area contributed by atoms with Crippen LogP contribution in [0.15, 0.2) is 66.7 Å². The predicted octanol–water partition coefficient (Wildman–Crippen LogP) is 4.65. The van der Waals surface area contributed by atoms with Gasteiger partial charge in [0.05, 0.1) is 6.61 Å². The van der Waals surface area contributed by atoms with Crippen LogP contribution in [0.3, 0.4) is 0 Å². The molecule has 0 aromatic heterocycles. The number of aliphatic hydroxyl groups is 1. The summed E-state index contributed by atoms with van der Waals surface area (Å²) >= 11 is 0. The second-order valence-corrected chi connectivity index (χ2v) is 7.59. The molecule has 1 aliphatic heterocycles. The minimum absolute atomic E-state index is 0.179. The lowest BCUT2D eigenvalue weighted by atomic mass is 9.95. The van der Waals surface area contributed by atoms with E-state index in [0.717, 1.165) is 19.5 Å². The average Bonchev–Trinajstić information content (AvgIpc) is 2.74. The van der Waals surface area contributed by atoms with Crippen molar-refractivity contribution in [3.8, 4) is 11.1 Å². The maximum Gasteiger partial charge on any atom is 0.0606 e. The number of hydrogen-bond donors (Lipinski definition) is 1. The van der Waals surface area contributed by atoms with Crippen molar-refractivity contribution >= 4 is 11.4 Å². The van der Waals surface area contributed by atoms with Crippen molar-refractivity contribution in [2.75, 3.05) is 36.5 Å². The van der Waals surface area contributed by atoms with E-state index in [1.807, 2.05) is 7.05 Å². The summed E-state index contributed by atoms with van der Waals surface area (Å²) in [5, 5.41) is 9.18. The van der Waals surface area contributed by atoms with Crippen LogP contribution < -0.4 is 9.80 Å². The maximum atomic E-state index is 9.18. The third-order valence-electron chi connectivity index (χ3n) is 5.81. The van der Waals surface area contributed by atoms with Crippen LogP contribution in [0.2, 0.25) is 0 Å². The SMILES string of the molecule is Cc1c(-c2ccccc2)cccc1N1CCc2cc(N(C)CCO)ccc2C1. The molecular weight excluding hydrogens is 344 g/mol. The highest BCUT2D eigenvalue weighted by atomic mass is 16.3. The molecule has 0 spiro atoms. The molecule has 0 bridgehead atoms. The highest BCUT2D eigenvalue weighted by Crippen LogP contribution is 2.34. The minimum atomic E-state index is 0.179. The van der Waals surface area contributed by atoms with Crippen LogP contribution in [0.1, 0.15) is 16.7 Å². The quantitative estimate of drug-likeness (QED) is 0.706. The lowest BCUT2D eigenvalue weighted by Crippen LogP contribution is -2.31. The van der Waals surface area contributed by atoms with Gasteiger partial charge in [0, 0.05) is 38.1 Å². The third-order valence-corrected chi connectivity index (χ3v) is 5.81. The Hall–Kier alpha value is -2.78. The first kappa shape index (κ1) is 18.6. The zero-order valence-corrected chi connectivity index (χ0v) is 16.7. The molecule has 28 heavy (non-hydrogen) atoms. The molecule has 0 amide bonds. The van der Waals surface area contributed by atoms with E-state index >= 15 is 0 Å². The summed E-state index contributed by atoms with van der Waals surface area (Å²) in [6.07, 6.45) is 1.05. The standard InChI is InChI=1S/C25H28N2O/c1-19-24(20-7-4-3-5-8-20)9-6-10-25(19)27-14-13-21-17-23(26(2)15-16-28)12-11-22(21)18-27/h3-12,17,28H,13-16,18H2,1-2H3. The lowest BCUT2D eigenvalue weighted by molar-refractivity contribution is 0.304. The average molecular weight is 373 g/mol. The van der Waals surface area contributed by atoms with E-state index in [1.54, 1.807) is 0 Å². The van der Waals surface area contributed by atoms with Crippen LogP contribution >= 0.6 is 0 Å². The molecule has 144 valence electrons. The number of nitrogens with zero attached hydrogens (tertiary/aromatic N) is 2. The normalized spacial score (nSPS) is 13.3. The Bertz CT molecular complexity index is 952. The summed E-state index contributed by atoms with van der Waals surface area (Å²) in [4.78, 5) is 4.61. The Morgan fingerprint density at radius 1 is 0.964 bits per heavy atom. The molecule has 1 heterocycles. The molecule has 0 aliphatic carbocycles. The highest BCUT2D eigenvalue weighted by molar-refractivity contribution is 5.74. The molecule has 1 aliphatic rings. The van der Waals surface area contributed by atoms with Crippen molar-refractivity contribution in [3.05, 3.63) is 83.4 Å². The minimum Gasteiger partial charge on any atom is -0.395 e. The van der Waals surface area contributed by atoms with Gasteiger partial charge in [-0.2, -0.15) is 0 Å². The van der Waals surface area contributed by atoms with Crippen molar-refractivity contribution in [1.82, 2.24) is 0 Å². The number of benzene rings is 3. The number of fused-ring (bicyclic) bond motifs is 1. The van der Waals surface area contributed by atoms with Crippen LogP contribution in [-0.2, 0) is 13.0 Å². The Balaban J connectivity index is 1.60. The number of aliphatic hydroxyl groups excluding tert-OH is 1. The Labute approximate surface area is 167 Å². The Kier molecular flexibility index (Phi) is 5.36. The summed E-state index contributed by atoms with van der Waals surface area (Å²) in [5.74, 6) is 0.